The third-order valence-corrected chi connectivity index (χ3v) is 4.53. The molecule has 0 saturated heterocycles. The Morgan fingerprint density at radius 2 is 1.84 bits per heavy atom. The van der Waals surface area contributed by atoms with Crippen LogP contribution in [0.4, 0.5) is 0 Å². The topological polar surface area (TPSA) is 12.0 Å². The fourth-order valence-corrected chi connectivity index (χ4v) is 2.70. The van der Waals surface area contributed by atoms with E-state index < -0.39 is 0 Å². The zero-order valence-electron chi connectivity index (χ0n) is 10.5. The van der Waals surface area contributed by atoms with E-state index in [1.165, 1.54) is 5.56 Å². The molecule has 0 bridgehead atoms. The summed E-state index contributed by atoms with van der Waals surface area (Å²) in [6.45, 7) is 2.87. The van der Waals surface area contributed by atoms with Gasteiger partial charge >= 0.3 is 0 Å². The highest BCUT2D eigenvalue weighted by Gasteiger charge is 2.08. The Kier molecular flexibility index (Phi) is 5.28. The number of rotatable bonds is 4. The van der Waals surface area contributed by atoms with Crippen molar-refractivity contribution in [3.63, 3.8) is 0 Å². The van der Waals surface area contributed by atoms with Crippen molar-refractivity contribution < 1.29 is 0 Å². The molecule has 0 spiro atoms. The van der Waals surface area contributed by atoms with Gasteiger partial charge in [-0.15, -0.1) is 0 Å². The molecule has 2 rings (SSSR count). The maximum Gasteiger partial charge on any atom is 0.0548 e. The second-order valence-electron chi connectivity index (χ2n) is 4.37. The summed E-state index contributed by atoms with van der Waals surface area (Å²) in [5.41, 5.74) is 2.28. The summed E-state index contributed by atoms with van der Waals surface area (Å²) in [6.07, 6.45) is 0. The van der Waals surface area contributed by atoms with Crippen LogP contribution < -0.4 is 5.32 Å². The smallest absolute Gasteiger partial charge is 0.0548 e. The molecule has 0 aliphatic rings. The maximum absolute atomic E-state index is 6.18. The van der Waals surface area contributed by atoms with Crippen LogP contribution >= 0.6 is 39.1 Å². The molecule has 0 aromatic heterocycles. The van der Waals surface area contributed by atoms with Crippen molar-refractivity contribution in [2.75, 3.05) is 0 Å². The van der Waals surface area contributed by atoms with Gasteiger partial charge in [-0.3, -0.25) is 0 Å². The van der Waals surface area contributed by atoms with Gasteiger partial charge in [0.25, 0.3) is 0 Å². The Hall–Kier alpha value is -0.540. The van der Waals surface area contributed by atoms with Gasteiger partial charge in [-0.25, -0.2) is 0 Å². The average Bonchev–Trinajstić information content (AvgIpc) is 2.40. The first-order chi connectivity index (χ1) is 9.08. The van der Waals surface area contributed by atoms with E-state index in [0.29, 0.717) is 0 Å². The molecule has 19 heavy (non-hydrogen) atoms. The number of nitrogens with one attached hydrogen (secondary N) is 1. The molecule has 1 atom stereocenters. The summed E-state index contributed by atoms with van der Waals surface area (Å²) in [7, 11) is 0. The van der Waals surface area contributed by atoms with Crippen LogP contribution in [0.5, 0.6) is 0 Å². The van der Waals surface area contributed by atoms with Crippen LogP contribution in [-0.2, 0) is 6.54 Å². The summed E-state index contributed by atoms with van der Waals surface area (Å²) in [6, 6.07) is 14.0. The van der Waals surface area contributed by atoms with Crippen LogP contribution in [0.1, 0.15) is 24.1 Å². The van der Waals surface area contributed by atoms with Crippen LogP contribution in [0.2, 0.25) is 10.0 Å². The lowest BCUT2D eigenvalue weighted by atomic mass is 10.1. The van der Waals surface area contributed by atoms with Crippen LogP contribution in [0, 0.1) is 0 Å². The molecule has 1 N–H and O–H groups in total. The van der Waals surface area contributed by atoms with E-state index in [4.69, 9.17) is 23.2 Å². The molecule has 1 nitrogen and oxygen atoms in total. The van der Waals surface area contributed by atoms with Gasteiger partial charge < -0.3 is 5.32 Å². The standard InChI is InChI=1S/C15H14BrCl2N/c1-10(12-4-2-3-5-14(12)17)19-9-11-6-7-15(18)13(16)8-11/h2-8,10,19H,9H2,1H3/t10-/m0/s1. The molecule has 0 aliphatic carbocycles. The van der Waals surface area contributed by atoms with Crippen LogP contribution in [0.25, 0.3) is 0 Å². The van der Waals surface area contributed by atoms with Gasteiger partial charge in [0.05, 0.1) is 5.02 Å². The molecular formula is C15H14BrCl2N. The van der Waals surface area contributed by atoms with Gasteiger partial charge in [-0.2, -0.15) is 0 Å². The average molecular weight is 359 g/mol. The van der Waals surface area contributed by atoms with E-state index in [0.717, 1.165) is 26.6 Å². The SMILES string of the molecule is C[C@H](NCc1ccc(Cl)c(Br)c1)c1ccccc1Cl. The summed E-state index contributed by atoms with van der Waals surface area (Å²) >= 11 is 15.6. The first kappa shape index (κ1) is 14.9. The van der Waals surface area contributed by atoms with Crippen molar-refractivity contribution >= 4 is 39.1 Å². The maximum atomic E-state index is 6.18. The molecule has 0 fully saturated rings. The van der Waals surface area contributed by atoms with E-state index in [1.807, 2.05) is 42.5 Å². The quantitative estimate of drug-likeness (QED) is 0.749. The highest BCUT2D eigenvalue weighted by molar-refractivity contribution is 9.10. The molecule has 0 radical (unpaired) electrons. The fourth-order valence-electron chi connectivity index (χ4n) is 1.86. The Labute approximate surface area is 132 Å². The van der Waals surface area contributed by atoms with Crippen LogP contribution in [-0.4, -0.2) is 0 Å². The summed E-state index contributed by atoms with van der Waals surface area (Å²) in [4.78, 5) is 0. The molecule has 2 aromatic carbocycles. The minimum atomic E-state index is 0.197. The molecule has 100 valence electrons. The van der Waals surface area contributed by atoms with Crippen molar-refractivity contribution in [2.24, 2.45) is 0 Å². The molecule has 2 aromatic rings. The minimum absolute atomic E-state index is 0.197. The third kappa shape index (κ3) is 3.96. The Balaban J connectivity index is 2.02. The van der Waals surface area contributed by atoms with E-state index >= 15 is 0 Å². The lowest BCUT2D eigenvalue weighted by Gasteiger charge is -2.16. The first-order valence-corrected chi connectivity index (χ1v) is 7.54. The first-order valence-electron chi connectivity index (χ1n) is 5.99. The molecule has 4 heteroatoms. The van der Waals surface area contributed by atoms with E-state index in [-0.39, 0.29) is 6.04 Å². The Bertz CT molecular complexity index is 572. The van der Waals surface area contributed by atoms with Crippen molar-refractivity contribution in [1.82, 2.24) is 5.32 Å². The normalized spacial score (nSPS) is 12.4. The lowest BCUT2D eigenvalue weighted by Crippen LogP contribution is -2.18. The van der Waals surface area contributed by atoms with Gasteiger partial charge in [0, 0.05) is 22.1 Å². The zero-order chi connectivity index (χ0) is 13.8. The van der Waals surface area contributed by atoms with Crippen LogP contribution in [0.3, 0.4) is 0 Å². The van der Waals surface area contributed by atoms with Gasteiger partial charge in [-0.1, -0.05) is 47.5 Å². The number of hydrogen-bond donors (Lipinski definition) is 1. The summed E-state index contributed by atoms with van der Waals surface area (Å²) < 4.78 is 0.916. The predicted octanol–water partition coefficient (Wildman–Crippen LogP) is 5.61. The minimum Gasteiger partial charge on any atom is -0.306 e. The van der Waals surface area contributed by atoms with E-state index in [2.05, 4.69) is 28.2 Å². The predicted molar refractivity (Wildman–Crippen MR) is 85.9 cm³/mol. The van der Waals surface area contributed by atoms with Gasteiger partial charge in [0.1, 0.15) is 0 Å². The van der Waals surface area contributed by atoms with Crippen molar-refractivity contribution in [3.05, 3.63) is 68.1 Å². The highest BCUT2D eigenvalue weighted by atomic mass is 79.9. The number of benzene rings is 2. The van der Waals surface area contributed by atoms with Crippen molar-refractivity contribution in [1.29, 1.82) is 0 Å². The number of halogens is 3. The Morgan fingerprint density at radius 3 is 2.53 bits per heavy atom. The lowest BCUT2D eigenvalue weighted by molar-refractivity contribution is 0.575. The second kappa shape index (κ2) is 6.76. The van der Waals surface area contributed by atoms with Crippen molar-refractivity contribution in [2.45, 2.75) is 19.5 Å². The van der Waals surface area contributed by atoms with Gasteiger partial charge in [0.2, 0.25) is 0 Å². The van der Waals surface area contributed by atoms with Crippen LogP contribution in [0.15, 0.2) is 46.9 Å². The van der Waals surface area contributed by atoms with Gasteiger partial charge in [-0.05, 0) is 52.2 Å². The third-order valence-electron chi connectivity index (χ3n) is 2.97. The molecule has 0 aliphatic heterocycles. The highest BCUT2D eigenvalue weighted by Crippen LogP contribution is 2.25. The monoisotopic (exact) mass is 357 g/mol. The molecule has 0 saturated carbocycles. The largest absolute Gasteiger partial charge is 0.306 e. The van der Waals surface area contributed by atoms with Gasteiger partial charge in [0.15, 0.2) is 0 Å². The fraction of sp³-hybridized carbons (Fsp3) is 0.200. The molecular weight excluding hydrogens is 345 g/mol. The van der Waals surface area contributed by atoms with E-state index in [1.54, 1.807) is 0 Å². The second-order valence-corrected chi connectivity index (χ2v) is 6.04. The van der Waals surface area contributed by atoms with Crippen molar-refractivity contribution in [3.8, 4) is 0 Å². The van der Waals surface area contributed by atoms with E-state index in [9.17, 15) is 0 Å². The molecule has 0 heterocycles. The zero-order valence-corrected chi connectivity index (χ0v) is 13.6. The number of hydrogen-bond acceptors (Lipinski definition) is 1. The molecule has 0 amide bonds. The summed E-state index contributed by atoms with van der Waals surface area (Å²) in [5, 5.41) is 4.97. The summed E-state index contributed by atoms with van der Waals surface area (Å²) in [5.74, 6) is 0. The molecule has 0 unspecified atom stereocenters. The Morgan fingerprint density at radius 1 is 1.11 bits per heavy atom.